The lowest BCUT2D eigenvalue weighted by Gasteiger charge is -2.20. The first-order chi connectivity index (χ1) is 9.28. The topological polar surface area (TPSA) is 59.1 Å². The number of thiophene rings is 1. The molecule has 3 heterocycles. The lowest BCUT2D eigenvalue weighted by atomic mass is 10.0. The summed E-state index contributed by atoms with van der Waals surface area (Å²) in [5.74, 6) is 2.13. The van der Waals surface area contributed by atoms with Crippen LogP contribution in [0.4, 0.5) is 11.8 Å². The van der Waals surface area contributed by atoms with Crippen LogP contribution in [0.5, 0.6) is 0 Å². The Labute approximate surface area is 116 Å². The second-order valence-corrected chi connectivity index (χ2v) is 5.74. The zero-order valence-corrected chi connectivity index (χ0v) is 12.0. The van der Waals surface area contributed by atoms with Gasteiger partial charge in [0.2, 0.25) is 5.95 Å². The van der Waals surface area contributed by atoms with Crippen molar-refractivity contribution in [2.75, 3.05) is 30.9 Å². The van der Waals surface area contributed by atoms with E-state index in [0.717, 1.165) is 35.7 Å². The molecular formula is C13H18N4OS. The van der Waals surface area contributed by atoms with Crippen molar-refractivity contribution >= 4 is 33.3 Å². The highest BCUT2D eigenvalue weighted by atomic mass is 32.1. The predicted molar refractivity (Wildman–Crippen MR) is 79.0 cm³/mol. The number of aromatic nitrogens is 2. The van der Waals surface area contributed by atoms with Crippen molar-refractivity contribution in [2.24, 2.45) is 5.92 Å². The lowest BCUT2D eigenvalue weighted by molar-refractivity contribution is 0.183. The predicted octanol–water partition coefficient (Wildman–Crippen LogP) is 2.57. The van der Waals surface area contributed by atoms with Gasteiger partial charge < -0.3 is 15.4 Å². The van der Waals surface area contributed by atoms with E-state index in [1.807, 2.05) is 12.4 Å². The number of fused-ring (bicyclic) bond motifs is 1. The highest BCUT2D eigenvalue weighted by Crippen LogP contribution is 2.28. The molecule has 102 valence electrons. The number of anilines is 2. The van der Waals surface area contributed by atoms with E-state index in [2.05, 4.69) is 33.6 Å². The van der Waals surface area contributed by atoms with Gasteiger partial charge in [0, 0.05) is 25.6 Å². The van der Waals surface area contributed by atoms with Crippen LogP contribution in [-0.2, 0) is 4.74 Å². The van der Waals surface area contributed by atoms with Gasteiger partial charge in [0.1, 0.15) is 10.6 Å². The van der Waals surface area contributed by atoms with Crippen molar-refractivity contribution in [3.8, 4) is 0 Å². The fourth-order valence-corrected chi connectivity index (χ4v) is 3.12. The first-order valence-electron chi connectivity index (χ1n) is 6.55. The molecule has 0 aliphatic carbocycles. The summed E-state index contributed by atoms with van der Waals surface area (Å²) in [5.41, 5.74) is 0. The van der Waals surface area contributed by atoms with Crippen LogP contribution in [0.25, 0.3) is 10.2 Å². The smallest absolute Gasteiger partial charge is 0.225 e. The number of nitrogens with zero attached hydrogens (tertiary/aromatic N) is 2. The van der Waals surface area contributed by atoms with Crippen molar-refractivity contribution in [3.63, 3.8) is 0 Å². The van der Waals surface area contributed by atoms with Gasteiger partial charge in [-0.1, -0.05) is 0 Å². The van der Waals surface area contributed by atoms with Crippen molar-refractivity contribution in [1.82, 2.24) is 9.97 Å². The van der Waals surface area contributed by atoms with Crippen molar-refractivity contribution in [1.29, 1.82) is 0 Å². The van der Waals surface area contributed by atoms with E-state index in [1.165, 1.54) is 0 Å². The Balaban J connectivity index is 1.88. The van der Waals surface area contributed by atoms with Crippen LogP contribution < -0.4 is 10.6 Å². The van der Waals surface area contributed by atoms with E-state index < -0.39 is 0 Å². The fraction of sp³-hybridized carbons (Fsp3) is 0.538. The molecule has 0 radical (unpaired) electrons. The fourth-order valence-electron chi connectivity index (χ4n) is 2.36. The first-order valence-corrected chi connectivity index (χ1v) is 7.43. The molecule has 0 aromatic carbocycles. The van der Waals surface area contributed by atoms with Gasteiger partial charge in [-0.15, -0.1) is 11.3 Å². The van der Waals surface area contributed by atoms with Crippen molar-refractivity contribution < 1.29 is 4.74 Å². The van der Waals surface area contributed by atoms with Crippen LogP contribution >= 0.6 is 11.3 Å². The Morgan fingerprint density at radius 1 is 1.47 bits per heavy atom. The maximum absolute atomic E-state index is 5.45. The Kier molecular flexibility index (Phi) is 3.52. The van der Waals surface area contributed by atoms with Crippen LogP contribution in [0.15, 0.2) is 11.4 Å². The molecular weight excluding hydrogens is 260 g/mol. The Morgan fingerprint density at radius 2 is 2.37 bits per heavy atom. The summed E-state index contributed by atoms with van der Waals surface area (Å²) in [6.45, 7) is 3.90. The maximum atomic E-state index is 5.45. The minimum Gasteiger partial charge on any atom is -0.381 e. The molecule has 1 fully saturated rings. The molecule has 1 aliphatic rings. The SMILES string of the molecule is CNc1nc(NC(C)C2CCOC2)c2ccsc2n1. The van der Waals surface area contributed by atoms with Crippen LogP contribution in [-0.4, -0.2) is 36.3 Å². The average Bonchev–Trinajstić information content (AvgIpc) is 3.09. The summed E-state index contributed by atoms with van der Waals surface area (Å²) in [7, 11) is 1.84. The number of hydrogen-bond donors (Lipinski definition) is 2. The van der Waals surface area contributed by atoms with Gasteiger partial charge >= 0.3 is 0 Å². The highest BCUT2D eigenvalue weighted by Gasteiger charge is 2.23. The largest absolute Gasteiger partial charge is 0.381 e. The minimum absolute atomic E-state index is 0.352. The van der Waals surface area contributed by atoms with Gasteiger partial charge in [-0.2, -0.15) is 4.98 Å². The van der Waals surface area contributed by atoms with E-state index >= 15 is 0 Å². The summed E-state index contributed by atoms with van der Waals surface area (Å²) < 4.78 is 5.45. The Hall–Kier alpha value is -1.40. The summed E-state index contributed by atoms with van der Waals surface area (Å²) >= 11 is 1.63. The summed E-state index contributed by atoms with van der Waals surface area (Å²) in [6.07, 6.45) is 1.12. The molecule has 2 atom stereocenters. The molecule has 0 amide bonds. The molecule has 19 heavy (non-hydrogen) atoms. The normalized spacial score (nSPS) is 20.6. The maximum Gasteiger partial charge on any atom is 0.225 e. The Bertz CT molecular complexity index is 565. The van der Waals surface area contributed by atoms with Gasteiger partial charge in [-0.25, -0.2) is 4.98 Å². The van der Waals surface area contributed by atoms with Crippen LogP contribution in [0.1, 0.15) is 13.3 Å². The third-order valence-corrected chi connectivity index (χ3v) is 4.39. The van der Waals surface area contributed by atoms with Crippen LogP contribution in [0, 0.1) is 5.92 Å². The quantitative estimate of drug-likeness (QED) is 0.900. The summed E-state index contributed by atoms with van der Waals surface area (Å²) in [6, 6.07) is 2.42. The number of ether oxygens (including phenoxy) is 1. The molecule has 2 unspecified atom stereocenters. The van der Waals surface area contributed by atoms with Gasteiger partial charge in [0.25, 0.3) is 0 Å². The monoisotopic (exact) mass is 278 g/mol. The number of nitrogens with one attached hydrogen (secondary N) is 2. The van der Waals surface area contributed by atoms with E-state index in [0.29, 0.717) is 17.9 Å². The minimum atomic E-state index is 0.352. The molecule has 0 spiro atoms. The summed E-state index contributed by atoms with van der Waals surface area (Å²) in [4.78, 5) is 10.00. The molecule has 0 bridgehead atoms. The zero-order valence-electron chi connectivity index (χ0n) is 11.1. The van der Waals surface area contributed by atoms with Crippen LogP contribution in [0.2, 0.25) is 0 Å². The zero-order chi connectivity index (χ0) is 13.2. The molecule has 2 aromatic rings. The van der Waals surface area contributed by atoms with Gasteiger partial charge in [0.05, 0.1) is 12.0 Å². The molecule has 6 heteroatoms. The second-order valence-electron chi connectivity index (χ2n) is 4.84. The molecule has 2 N–H and O–H groups in total. The standard InChI is InChI=1S/C13H18N4OS/c1-8(9-3-5-18-7-9)15-11-10-4-6-19-12(10)17-13(14-2)16-11/h4,6,8-9H,3,5,7H2,1-2H3,(H2,14,15,16,17). The van der Waals surface area contributed by atoms with E-state index in [-0.39, 0.29) is 0 Å². The molecule has 2 aromatic heterocycles. The van der Waals surface area contributed by atoms with Gasteiger partial charge in [0.15, 0.2) is 0 Å². The molecule has 1 saturated heterocycles. The van der Waals surface area contributed by atoms with E-state index in [4.69, 9.17) is 4.74 Å². The molecule has 5 nitrogen and oxygen atoms in total. The van der Waals surface area contributed by atoms with Crippen molar-refractivity contribution in [3.05, 3.63) is 11.4 Å². The summed E-state index contributed by atoms with van der Waals surface area (Å²) in [5, 5.41) is 9.68. The molecule has 3 rings (SSSR count). The van der Waals surface area contributed by atoms with Gasteiger partial charge in [-0.3, -0.25) is 0 Å². The van der Waals surface area contributed by atoms with E-state index in [1.54, 1.807) is 11.3 Å². The van der Waals surface area contributed by atoms with Crippen molar-refractivity contribution in [2.45, 2.75) is 19.4 Å². The molecule has 1 aliphatic heterocycles. The average molecular weight is 278 g/mol. The van der Waals surface area contributed by atoms with E-state index in [9.17, 15) is 0 Å². The third-order valence-electron chi connectivity index (χ3n) is 3.59. The number of rotatable bonds is 4. The number of hydrogen-bond acceptors (Lipinski definition) is 6. The first kappa shape index (κ1) is 12.6. The second kappa shape index (κ2) is 5.30. The lowest BCUT2D eigenvalue weighted by Crippen LogP contribution is -2.26. The molecule has 0 saturated carbocycles. The third kappa shape index (κ3) is 2.50. The van der Waals surface area contributed by atoms with Gasteiger partial charge in [-0.05, 0) is 24.8 Å². The highest BCUT2D eigenvalue weighted by molar-refractivity contribution is 7.16. The van der Waals surface area contributed by atoms with Crippen LogP contribution in [0.3, 0.4) is 0 Å². The Morgan fingerprint density at radius 3 is 3.11 bits per heavy atom.